The molecule has 0 spiro atoms. The Bertz CT molecular complexity index is 154. The highest BCUT2D eigenvalue weighted by atomic mass is 16.5. The summed E-state index contributed by atoms with van der Waals surface area (Å²) >= 11 is 0. The molecule has 0 aromatic rings. The highest BCUT2D eigenvalue weighted by Crippen LogP contribution is 2.10. The van der Waals surface area contributed by atoms with Gasteiger partial charge in [-0.2, -0.15) is 0 Å². The molecule has 3 heteroatoms. The topological polar surface area (TPSA) is 43.4 Å². The van der Waals surface area contributed by atoms with Crippen LogP contribution in [0.4, 0.5) is 0 Å². The van der Waals surface area contributed by atoms with E-state index < -0.39 is 0 Å². The van der Waals surface area contributed by atoms with E-state index in [-0.39, 0.29) is 11.9 Å². The third-order valence-corrected chi connectivity index (χ3v) is 1.88. The second kappa shape index (κ2) is 7.77. The minimum Gasteiger partial charge on any atom is -0.466 e. The third-order valence-electron chi connectivity index (χ3n) is 1.88. The van der Waals surface area contributed by atoms with Crippen LogP contribution >= 0.6 is 0 Å². The molecule has 76 valence electrons. The molecule has 13 heavy (non-hydrogen) atoms. The summed E-state index contributed by atoms with van der Waals surface area (Å²) in [6, 6.07) is 0. The van der Waals surface area contributed by atoms with Gasteiger partial charge in [-0.1, -0.05) is 13.3 Å². The maximum absolute atomic E-state index is 10.5. The normalized spacial score (nSPS) is 12.2. The average molecular weight is 186 g/mol. The molecule has 0 aliphatic heterocycles. The standard InChI is InChI=1S/C10H18O3/c1-3-5-10(8-11)6-4-7-13-9(2)12/h8,10H,3-7H2,1-2H3. The molecule has 3 nitrogen and oxygen atoms in total. The van der Waals surface area contributed by atoms with E-state index >= 15 is 0 Å². The summed E-state index contributed by atoms with van der Waals surface area (Å²) in [5.74, 6) is -0.112. The van der Waals surface area contributed by atoms with Gasteiger partial charge in [0.05, 0.1) is 6.61 Å². The van der Waals surface area contributed by atoms with Crippen molar-refractivity contribution in [2.24, 2.45) is 5.92 Å². The Labute approximate surface area is 79.5 Å². The van der Waals surface area contributed by atoms with Gasteiger partial charge in [-0.15, -0.1) is 0 Å². The molecule has 0 amide bonds. The molecule has 0 aromatic heterocycles. The van der Waals surface area contributed by atoms with Crippen molar-refractivity contribution in [3.05, 3.63) is 0 Å². The summed E-state index contributed by atoms with van der Waals surface area (Å²) in [5.41, 5.74) is 0. The van der Waals surface area contributed by atoms with Crippen molar-refractivity contribution < 1.29 is 14.3 Å². The molecule has 0 aromatic carbocycles. The zero-order chi connectivity index (χ0) is 10.1. The number of carbonyl (C=O) groups is 2. The van der Waals surface area contributed by atoms with Crippen LogP contribution in [0, 0.1) is 5.92 Å². The van der Waals surface area contributed by atoms with E-state index in [9.17, 15) is 9.59 Å². The Kier molecular flexibility index (Phi) is 7.26. The minimum atomic E-state index is -0.252. The molecule has 0 saturated heterocycles. The van der Waals surface area contributed by atoms with Crippen molar-refractivity contribution in [1.29, 1.82) is 0 Å². The Morgan fingerprint density at radius 2 is 2.15 bits per heavy atom. The molecule has 0 heterocycles. The van der Waals surface area contributed by atoms with Gasteiger partial charge in [-0.25, -0.2) is 0 Å². The Hall–Kier alpha value is -0.860. The first-order valence-corrected chi connectivity index (χ1v) is 4.79. The number of rotatable bonds is 7. The lowest BCUT2D eigenvalue weighted by Gasteiger charge is -2.07. The average Bonchev–Trinajstić information content (AvgIpc) is 2.10. The van der Waals surface area contributed by atoms with E-state index in [1.807, 2.05) is 0 Å². The summed E-state index contributed by atoms with van der Waals surface area (Å²) < 4.78 is 4.76. The summed E-state index contributed by atoms with van der Waals surface area (Å²) in [5, 5.41) is 0. The van der Waals surface area contributed by atoms with Gasteiger partial charge < -0.3 is 9.53 Å². The molecule has 1 atom stereocenters. The maximum atomic E-state index is 10.5. The fraction of sp³-hybridized carbons (Fsp3) is 0.800. The maximum Gasteiger partial charge on any atom is 0.302 e. The fourth-order valence-corrected chi connectivity index (χ4v) is 1.21. The number of hydrogen-bond acceptors (Lipinski definition) is 3. The SMILES string of the molecule is CCCC(C=O)CCCOC(C)=O. The van der Waals surface area contributed by atoms with Crippen LogP contribution in [0.25, 0.3) is 0 Å². The largest absolute Gasteiger partial charge is 0.466 e. The predicted octanol–water partition coefficient (Wildman–Crippen LogP) is 1.94. The molecule has 0 bridgehead atoms. The van der Waals surface area contributed by atoms with E-state index in [0.29, 0.717) is 6.61 Å². The second-order valence-corrected chi connectivity index (χ2v) is 3.17. The highest BCUT2D eigenvalue weighted by molar-refractivity contribution is 5.65. The number of ether oxygens (including phenoxy) is 1. The van der Waals surface area contributed by atoms with Gasteiger partial charge in [0, 0.05) is 12.8 Å². The van der Waals surface area contributed by atoms with Crippen LogP contribution in [0.2, 0.25) is 0 Å². The van der Waals surface area contributed by atoms with Crippen molar-refractivity contribution in [2.75, 3.05) is 6.61 Å². The van der Waals surface area contributed by atoms with Gasteiger partial charge >= 0.3 is 5.97 Å². The lowest BCUT2D eigenvalue weighted by Crippen LogP contribution is -2.06. The van der Waals surface area contributed by atoms with Crippen molar-refractivity contribution in [1.82, 2.24) is 0 Å². The highest BCUT2D eigenvalue weighted by Gasteiger charge is 2.05. The second-order valence-electron chi connectivity index (χ2n) is 3.17. The van der Waals surface area contributed by atoms with E-state index in [1.165, 1.54) is 6.92 Å². The Morgan fingerprint density at radius 3 is 2.62 bits per heavy atom. The van der Waals surface area contributed by atoms with Crippen LogP contribution < -0.4 is 0 Å². The first-order chi connectivity index (χ1) is 6.20. The van der Waals surface area contributed by atoms with Crippen molar-refractivity contribution in [3.63, 3.8) is 0 Å². The first kappa shape index (κ1) is 12.1. The van der Waals surface area contributed by atoms with Crippen LogP contribution in [0.15, 0.2) is 0 Å². The van der Waals surface area contributed by atoms with Gasteiger partial charge in [0.25, 0.3) is 0 Å². The van der Waals surface area contributed by atoms with Crippen molar-refractivity contribution >= 4 is 12.3 Å². The summed E-state index contributed by atoms with van der Waals surface area (Å²) in [7, 11) is 0. The van der Waals surface area contributed by atoms with E-state index in [2.05, 4.69) is 6.92 Å². The predicted molar refractivity (Wildman–Crippen MR) is 50.3 cm³/mol. The van der Waals surface area contributed by atoms with Crippen LogP contribution in [0.3, 0.4) is 0 Å². The number of esters is 1. The molecular formula is C10H18O3. The molecule has 0 aliphatic rings. The molecule has 1 unspecified atom stereocenters. The fourth-order valence-electron chi connectivity index (χ4n) is 1.21. The monoisotopic (exact) mass is 186 g/mol. The van der Waals surface area contributed by atoms with Gasteiger partial charge in [0.15, 0.2) is 0 Å². The quantitative estimate of drug-likeness (QED) is 0.347. The molecule has 0 N–H and O–H groups in total. The van der Waals surface area contributed by atoms with Crippen LogP contribution in [0.1, 0.15) is 39.5 Å². The summed E-state index contributed by atoms with van der Waals surface area (Å²) in [4.78, 5) is 20.9. The van der Waals surface area contributed by atoms with E-state index in [4.69, 9.17) is 4.74 Å². The first-order valence-electron chi connectivity index (χ1n) is 4.79. The molecule has 0 aliphatic carbocycles. The number of hydrogen-bond donors (Lipinski definition) is 0. The molecule has 0 fully saturated rings. The molecule has 0 radical (unpaired) electrons. The van der Waals surface area contributed by atoms with Crippen LogP contribution in [-0.4, -0.2) is 18.9 Å². The third kappa shape index (κ3) is 7.50. The lowest BCUT2D eigenvalue weighted by molar-refractivity contribution is -0.141. The Balaban J connectivity index is 3.37. The summed E-state index contributed by atoms with van der Waals surface area (Å²) in [6.45, 7) is 3.88. The molecule has 0 saturated carbocycles. The number of aldehydes is 1. The molecule has 0 rings (SSSR count). The van der Waals surface area contributed by atoms with E-state index in [0.717, 1.165) is 32.0 Å². The van der Waals surface area contributed by atoms with Crippen LogP contribution in [-0.2, 0) is 14.3 Å². The van der Waals surface area contributed by atoms with E-state index in [1.54, 1.807) is 0 Å². The molecular weight excluding hydrogens is 168 g/mol. The number of carbonyl (C=O) groups excluding carboxylic acids is 2. The summed E-state index contributed by atoms with van der Waals surface area (Å²) in [6.07, 6.45) is 4.56. The smallest absolute Gasteiger partial charge is 0.302 e. The Morgan fingerprint density at radius 1 is 1.46 bits per heavy atom. The zero-order valence-electron chi connectivity index (χ0n) is 8.41. The minimum absolute atomic E-state index is 0.139. The van der Waals surface area contributed by atoms with Gasteiger partial charge in [-0.3, -0.25) is 4.79 Å². The van der Waals surface area contributed by atoms with Crippen molar-refractivity contribution in [2.45, 2.75) is 39.5 Å². The van der Waals surface area contributed by atoms with Gasteiger partial charge in [0.2, 0.25) is 0 Å². The van der Waals surface area contributed by atoms with Crippen molar-refractivity contribution in [3.8, 4) is 0 Å². The van der Waals surface area contributed by atoms with Gasteiger partial charge in [-0.05, 0) is 19.3 Å². The van der Waals surface area contributed by atoms with Crippen LogP contribution in [0.5, 0.6) is 0 Å². The lowest BCUT2D eigenvalue weighted by atomic mass is 10.0. The van der Waals surface area contributed by atoms with Gasteiger partial charge in [0.1, 0.15) is 6.29 Å². The zero-order valence-corrected chi connectivity index (χ0v) is 8.41.